The zero-order chi connectivity index (χ0) is 15.1. The molecule has 0 aromatic carbocycles. The fourth-order valence-corrected chi connectivity index (χ4v) is 2.39. The van der Waals surface area contributed by atoms with E-state index in [1.807, 2.05) is 27.7 Å². The first-order valence-electron chi connectivity index (χ1n) is 7.99. The van der Waals surface area contributed by atoms with Gasteiger partial charge in [-0.2, -0.15) is 0 Å². The van der Waals surface area contributed by atoms with Crippen molar-refractivity contribution < 1.29 is 0 Å². The average Bonchev–Trinajstić information content (AvgIpc) is 2.53. The van der Waals surface area contributed by atoms with E-state index >= 15 is 0 Å². The fraction of sp³-hybridized carbons (Fsp3) is 0.684. The summed E-state index contributed by atoms with van der Waals surface area (Å²) in [5.41, 5.74) is 3.84. The average molecular weight is 262 g/mol. The fourth-order valence-electron chi connectivity index (χ4n) is 2.39. The molecule has 0 N–H and O–H groups in total. The molecule has 0 unspecified atom stereocenters. The minimum absolute atomic E-state index is 0.224. The molecule has 2 aliphatic carbocycles. The third-order valence-electron chi connectivity index (χ3n) is 3.58. The van der Waals surface area contributed by atoms with Crippen LogP contribution in [-0.4, -0.2) is 0 Å². The zero-order valence-corrected chi connectivity index (χ0v) is 14.4. The van der Waals surface area contributed by atoms with Crippen LogP contribution < -0.4 is 0 Å². The quantitative estimate of drug-likeness (QED) is 0.456. The topological polar surface area (TPSA) is 0 Å². The van der Waals surface area contributed by atoms with Crippen LogP contribution in [0.3, 0.4) is 0 Å². The van der Waals surface area contributed by atoms with Gasteiger partial charge in [-0.1, -0.05) is 79.7 Å². The number of hydrogen-bond donors (Lipinski definition) is 0. The van der Waals surface area contributed by atoms with Crippen LogP contribution in [-0.2, 0) is 0 Å². The summed E-state index contributed by atoms with van der Waals surface area (Å²) in [6, 6.07) is 0. The zero-order valence-electron chi connectivity index (χ0n) is 14.4. The van der Waals surface area contributed by atoms with Crippen LogP contribution in [0.5, 0.6) is 0 Å². The van der Waals surface area contributed by atoms with Gasteiger partial charge in [0.05, 0.1) is 0 Å². The normalized spacial score (nSPS) is 22.3. The highest BCUT2D eigenvalue weighted by molar-refractivity contribution is 5.40. The molecule has 19 heavy (non-hydrogen) atoms. The Morgan fingerprint density at radius 2 is 1.26 bits per heavy atom. The molecule has 0 spiro atoms. The predicted molar refractivity (Wildman–Crippen MR) is 89.4 cm³/mol. The second kappa shape index (κ2) is 7.72. The second-order valence-corrected chi connectivity index (χ2v) is 6.38. The lowest BCUT2D eigenvalue weighted by molar-refractivity contribution is 0.319. The van der Waals surface area contributed by atoms with E-state index in [2.05, 4.69) is 52.0 Å². The highest BCUT2D eigenvalue weighted by atomic mass is 14.3. The van der Waals surface area contributed by atoms with Crippen LogP contribution >= 0.6 is 0 Å². The molecule has 0 heteroatoms. The van der Waals surface area contributed by atoms with Crippen molar-refractivity contribution in [2.75, 3.05) is 0 Å². The maximum atomic E-state index is 2.38. The molecule has 0 nitrogen and oxygen atoms in total. The van der Waals surface area contributed by atoms with Gasteiger partial charge < -0.3 is 0 Å². The van der Waals surface area contributed by atoms with Crippen LogP contribution in [0.15, 0.2) is 35.5 Å². The Balaban J connectivity index is 0.000000741. The molecule has 0 saturated heterocycles. The van der Waals surface area contributed by atoms with Crippen molar-refractivity contribution in [3.8, 4) is 0 Å². The third-order valence-corrected chi connectivity index (χ3v) is 3.58. The smallest absolute Gasteiger partial charge is 0.00108 e. The molecule has 0 fully saturated rings. The van der Waals surface area contributed by atoms with E-state index in [9.17, 15) is 0 Å². The molecule has 2 rings (SSSR count). The molecule has 0 aromatic rings. The number of hydrogen-bond acceptors (Lipinski definition) is 0. The molecule has 0 saturated carbocycles. The molecular formula is C19H34. The Bertz CT molecular complexity index is 348. The van der Waals surface area contributed by atoms with E-state index in [1.165, 1.54) is 19.3 Å². The predicted octanol–water partition coefficient (Wildman–Crippen LogP) is 6.70. The van der Waals surface area contributed by atoms with Gasteiger partial charge in [0.2, 0.25) is 0 Å². The largest absolute Gasteiger partial charge is 0.0748 e. The molecular weight excluding hydrogens is 228 g/mol. The molecule has 0 atom stereocenters. The van der Waals surface area contributed by atoms with Gasteiger partial charge in [0.25, 0.3) is 0 Å². The summed E-state index contributed by atoms with van der Waals surface area (Å²) in [5.74, 6) is 0. The molecule has 110 valence electrons. The molecule has 0 heterocycles. The van der Waals surface area contributed by atoms with Crippen molar-refractivity contribution in [1.29, 1.82) is 0 Å². The standard InChI is InChI=1S/C15H22.2C2H6/c1-14(2)8-5-12-6-10-15(3,4)11-13(12)7-9-14;2*1-2/h5,7-9H,6,10-11H2,1-4H3;2*1-2H3. The van der Waals surface area contributed by atoms with Gasteiger partial charge in [-0.3, -0.25) is 0 Å². The molecule has 2 aliphatic rings. The number of rotatable bonds is 0. The monoisotopic (exact) mass is 262 g/mol. The van der Waals surface area contributed by atoms with Gasteiger partial charge in [-0.25, -0.2) is 0 Å². The van der Waals surface area contributed by atoms with Crippen LogP contribution in [0.2, 0.25) is 0 Å². The van der Waals surface area contributed by atoms with Crippen molar-refractivity contribution in [3.05, 3.63) is 35.5 Å². The van der Waals surface area contributed by atoms with E-state index in [0.29, 0.717) is 5.41 Å². The third kappa shape index (κ3) is 5.80. The Kier molecular flexibility index (Phi) is 7.41. The number of allylic oxidation sites excluding steroid dienone is 6. The highest BCUT2D eigenvalue weighted by Crippen LogP contribution is 2.41. The van der Waals surface area contributed by atoms with Crippen molar-refractivity contribution in [3.63, 3.8) is 0 Å². The van der Waals surface area contributed by atoms with Gasteiger partial charge in [-0.15, -0.1) is 0 Å². The van der Waals surface area contributed by atoms with E-state index in [0.717, 1.165) is 0 Å². The summed E-state index contributed by atoms with van der Waals surface area (Å²) in [7, 11) is 0. The highest BCUT2D eigenvalue weighted by Gasteiger charge is 2.26. The van der Waals surface area contributed by atoms with Crippen LogP contribution in [0.4, 0.5) is 0 Å². The van der Waals surface area contributed by atoms with Gasteiger partial charge in [0.1, 0.15) is 0 Å². The Morgan fingerprint density at radius 1 is 0.789 bits per heavy atom. The van der Waals surface area contributed by atoms with E-state index in [4.69, 9.17) is 0 Å². The summed E-state index contributed by atoms with van der Waals surface area (Å²) in [6.07, 6.45) is 13.2. The SMILES string of the molecule is CC.CC.CC1(C)C=CC2=C(C=C1)CC(C)(C)CC2. The van der Waals surface area contributed by atoms with Crippen LogP contribution in [0, 0.1) is 10.8 Å². The van der Waals surface area contributed by atoms with Gasteiger partial charge in [0, 0.05) is 5.41 Å². The van der Waals surface area contributed by atoms with E-state index in [1.54, 1.807) is 11.1 Å². The summed E-state index contributed by atoms with van der Waals surface area (Å²) < 4.78 is 0. The van der Waals surface area contributed by atoms with Crippen molar-refractivity contribution >= 4 is 0 Å². The first kappa shape index (κ1) is 18.2. The van der Waals surface area contributed by atoms with Crippen molar-refractivity contribution in [1.82, 2.24) is 0 Å². The summed E-state index contributed by atoms with van der Waals surface area (Å²) in [5, 5.41) is 0. The molecule has 0 amide bonds. The molecule has 0 aromatic heterocycles. The van der Waals surface area contributed by atoms with E-state index < -0.39 is 0 Å². The van der Waals surface area contributed by atoms with Crippen molar-refractivity contribution in [2.45, 2.75) is 74.7 Å². The Hall–Kier alpha value is -0.780. The van der Waals surface area contributed by atoms with Gasteiger partial charge in [0.15, 0.2) is 0 Å². The first-order valence-corrected chi connectivity index (χ1v) is 7.99. The summed E-state index contributed by atoms with van der Waals surface area (Å²) in [4.78, 5) is 0. The lowest BCUT2D eigenvalue weighted by Gasteiger charge is -2.31. The maximum absolute atomic E-state index is 2.38. The van der Waals surface area contributed by atoms with E-state index in [-0.39, 0.29) is 5.41 Å². The Morgan fingerprint density at radius 3 is 1.79 bits per heavy atom. The van der Waals surface area contributed by atoms with Crippen LogP contribution in [0.1, 0.15) is 74.7 Å². The van der Waals surface area contributed by atoms with Gasteiger partial charge >= 0.3 is 0 Å². The molecule has 0 bridgehead atoms. The minimum atomic E-state index is 0.224. The summed E-state index contributed by atoms with van der Waals surface area (Å²) >= 11 is 0. The lowest BCUT2D eigenvalue weighted by atomic mass is 9.74. The van der Waals surface area contributed by atoms with Gasteiger partial charge in [-0.05, 0) is 35.8 Å². The summed E-state index contributed by atoms with van der Waals surface area (Å²) in [6.45, 7) is 17.3. The molecule has 0 radical (unpaired) electrons. The molecule has 0 aliphatic heterocycles. The first-order chi connectivity index (χ1) is 8.88. The maximum Gasteiger partial charge on any atom is 0.00108 e. The Labute approximate surface area is 121 Å². The van der Waals surface area contributed by atoms with Crippen LogP contribution in [0.25, 0.3) is 0 Å². The van der Waals surface area contributed by atoms with Crippen molar-refractivity contribution in [2.24, 2.45) is 10.8 Å². The lowest BCUT2D eigenvalue weighted by Crippen LogP contribution is -2.17. The minimum Gasteiger partial charge on any atom is -0.0748 e. The second-order valence-electron chi connectivity index (χ2n) is 6.38.